The van der Waals surface area contributed by atoms with Crippen LogP contribution in [-0.4, -0.2) is 37.4 Å². The fourth-order valence-corrected chi connectivity index (χ4v) is 2.88. The van der Waals surface area contributed by atoms with Gasteiger partial charge >= 0.3 is 0 Å². The summed E-state index contributed by atoms with van der Waals surface area (Å²) in [5.41, 5.74) is 5.56. The van der Waals surface area contributed by atoms with Crippen LogP contribution in [0.2, 0.25) is 0 Å². The fourth-order valence-electron chi connectivity index (χ4n) is 2.88. The third-order valence-corrected chi connectivity index (χ3v) is 4.71. The van der Waals surface area contributed by atoms with E-state index in [1.165, 1.54) is 12.1 Å². The van der Waals surface area contributed by atoms with Crippen LogP contribution in [0.3, 0.4) is 0 Å². The van der Waals surface area contributed by atoms with Gasteiger partial charge in [0.2, 0.25) is 6.41 Å². The van der Waals surface area contributed by atoms with E-state index in [9.17, 15) is 14.0 Å². The number of aromatic nitrogens is 1. The first-order chi connectivity index (χ1) is 15.4. The molecule has 0 radical (unpaired) electrons. The lowest BCUT2D eigenvalue weighted by Crippen LogP contribution is -2.14. The first-order valence-corrected chi connectivity index (χ1v) is 11.3. The van der Waals surface area contributed by atoms with Gasteiger partial charge in [-0.2, -0.15) is 0 Å². The molecule has 1 aromatic heterocycles. The van der Waals surface area contributed by atoms with Gasteiger partial charge < -0.3 is 20.9 Å². The molecule has 2 aromatic rings. The minimum atomic E-state index is -0.379. The summed E-state index contributed by atoms with van der Waals surface area (Å²) in [6.07, 6.45) is 3.09. The molecule has 3 rings (SSSR count). The van der Waals surface area contributed by atoms with Crippen LogP contribution >= 0.6 is 0 Å². The highest BCUT2D eigenvalue weighted by molar-refractivity contribution is 6.34. The first kappa shape index (κ1) is 29.1. The van der Waals surface area contributed by atoms with Gasteiger partial charge in [0.05, 0.1) is 5.57 Å². The van der Waals surface area contributed by atoms with Gasteiger partial charge in [-0.15, -0.1) is 0 Å². The second-order valence-electron chi connectivity index (χ2n) is 6.50. The Bertz CT molecular complexity index is 886. The average molecular weight is 447 g/mol. The number of carbonyl (C=O) groups excluding carboxylic acids is 2. The smallest absolute Gasteiger partial charge is 0.256 e. The molecule has 0 bridgehead atoms. The standard InChI is InChI=1S/C18H18FN3O2.C3H9N.2C2H6/c1-10-11(2)17(21-15(10)5-6-20-9-23)8-14-13-7-12(19)3-4-16(13)22-18(14)24;1-3-4-2;2*1-2/h3-4,7-9,21H,5-6H2,1-2H3,(H,20,23)(H,22,24);4H,3H2,1-2H3;2*1-2H3/b14-8-;;;. The van der Waals surface area contributed by atoms with Gasteiger partial charge in [-0.1, -0.05) is 34.6 Å². The minimum Gasteiger partial charge on any atom is -0.358 e. The van der Waals surface area contributed by atoms with Gasteiger partial charge in [0.15, 0.2) is 0 Å². The summed E-state index contributed by atoms with van der Waals surface area (Å²) in [6.45, 7) is 15.6. The van der Waals surface area contributed by atoms with E-state index in [-0.39, 0.29) is 11.7 Å². The number of fused-ring (bicyclic) bond motifs is 1. The lowest BCUT2D eigenvalue weighted by Gasteiger charge is -1.99. The van der Waals surface area contributed by atoms with Crippen molar-refractivity contribution < 1.29 is 14.0 Å². The maximum Gasteiger partial charge on any atom is 0.256 e. The van der Waals surface area contributed by atoms with Crippen LogP contribution in [0, 0.1) is 19.7 Å². The van der Waals surface area contributed by atoms with Crippen molar-refractivity contribution in [1.29, 1.82) is 0 Å². The highest BCUT2D eigenvalue weighted by Crippen LogP contribution is 2.34. The Balaban J connectivity index is 0.00000106. The average Bonchev–Trinajstić information content (AvgIpc) is 3.27. The molecule has 0 saturated heterocycles. The number of halogens is 1. The molecule has 178 valence electrons. The molecule has 1 aliphatic heterocycles. The number of amides is 2. The number of nitrogens with one attached hydrogen (secondary N) is 4. The largest absolute Gasteiger partial charge is 0.358 e. The third-order valence-electron chi connectivity index (χ3n) is 4.71. The molecule has 0 unspecified atom stereocenters. The van der Waals surface area contributed by atoms with E-state index < -0.39 is 0 Å². The maximum atomic E-state index is 13.5. The Hall–Kier alpha value is -2.93. The van der Waals surface area contributed by atoms with Gasteiger partial charge in [-0.05, 0) is 62.8 Å². The first-order valence-electron chi connectivity index (χ1n) is 11.3. The SMILES string of the molecule is CC.CC.CCNC.Cc1c(/C=C2\C(=O)Nc3ccc(F)cc32)[nH]c(CCNC=O)c1C. The van der Waals surface area contributed by atoms with Gasteiger partial charge in [0, 0.05) is 35.6 Å². The van der Waals surface area contributed by atoms with E-state index in [1.54, 1.807) is 12.1 Å². The van der Waals surface area contributed by atoms with Gasteiger partial charge in [0.1, 0.15) is 5.82 Å². The molecule has 7 heteroatoms. The number of aromatic amines is 1. The highest BCUT2D eigenvalue weighted by atomic mass is 19.1. The molecule has 0 spiro atoms. The van der Waals surface area contributed by atoms with Crippen molar-refractivity contribution in [1.82, 2.24) is 15.6 Å². The zero-order valence-electron chi connectivity index (χ0n) is 20.7. The van der Waals surface area contributed by atoms with Gasteiger partial charge in [-0.3, -0.25) is 9.59 Å². The molecular formula is C25H39FN4O2. The Labute approximate surface area is 192 Å². The monoisotopic (exact) mass is 446 g/mol. The van der Waals surface area contributed by atoms with Crippen molar-refractivity contribution in [2.75, 3.05) is 25.5 Å². The normalized spacial score (nSPS) is 12.3. The fraction of sp³-hybridized carbons (Fsp3) is 0.440. The molecule has 0 fully saturated rings. The van der Waals surface area contributed by atoms with Crippen LogP contribution in [-0.2, 0) is 16.0 Å². The number of hydrogen-bond donors (Lipinski definition) is 4. The number of rotatable bonds is 6. The minimum absolute atomic E-state index is 0.244. The van der Waals surface area contributed by atoms with E-state index in [4.69, 9.17) is 0 Å². The van der Waals surface area contributed by atoms with Crippen molar-refractivity contribution in [3.05, 3.63) is 52.1 Å². The number of benzene rings is 1. The summed E-state index contributed by atoms with van der Waals surface area (Å²) in [4.78, 5) is 25.8. The Kier molecular flexibility index (Phi) is 14.4. The number of H-pyrrole nitrogens is 1. The molecular weight excluding hydrogens is 407 g/mol. The Morgan fingerprint density at radius 2 is 1.72 bits per heavy atom. The lowest BCUT2D eigenvalue weighted by atomic mass is 10.0. The third kappa shape index (κ3) is 7.96. The summed E-state index contributed by atoms with van der Waals surface area (Å²) in [5.74, 6) is -0.623. The van der Waals surface area contributed by atoms with E-state index in [1.807, 2.05) is 48.6 Å². The Morgan fingerprint density at radius 1 is 1.09 bits per heavy atom. The van der Waals surface area contributed by atoms with Crippen molar-refractivity contribution in [3.63, 3.8) is 0 Å². The maximum absolute atomic E-state index is 13.5. The topological polar surface area (TPSA) is 86.0 Å². The summed E-state index contributed by atoms with van der Waals surface area (Å²) in [7, 11) is 1.93. The van der Waals surface area contributed by atoms with Crippen LogP contribution < -0.4 is 16.0 Å². The van der Waals surface area contributed by atoms with Crippen LogP contribution in [0.5, 0.6) is 0 Å². The van der Waals surface area contributed by atoms with E-state index in [0.29, 0.717) is 36.2 Å². The Morgan fingerprint density at radius 3 is 2.28 bits per heavy atom. The highest BCUT2D eigenvalue weighted by Gasteiger charge is 2.25. The van der Waals surface area contributed by atoms with Gasteiger partial charge in [0.25, 0.3) is 5.91 Å². The van der Waals surface area contributed by atoms with Crippen molar-refractivity contribution in [2.24, 2.45) is 0 Å². The van der Waals surface area contributed by atoms with E-state index in [2.05, 4.69) is 27.9 Å². The number of anilines is 1. The van der Waals surface area contributed by atoms with Crippen LogP contribution in [0.4, 0.5) is 10.1 Å². The molecule has 4 N–H and O–H groups in total. The predicted octanol–water partition coefficient (Wildman–Crippen LogP) is 4.83. The van der Waals surface area contributed by atoms with E-state index >= 15 is 0 Å². The molecule has 1 aromatic carbocycles. The van der Waals surface area contributed by atoms with Crippen molar-refractivity contribution >= 4 is 29.7 Å². The van der Waals surface area contributed by atoms with Crippen LogP contribution in [0.1, 0.15) is 62.7 Å². The lowest BCUT2D eigenvalue weighted by molar-refractivity contribution is -0.111. The number of hydrogen-bond acceptors (Lipinski definition) is 3. The quantitative estimate of drug-likeness (QED) is 0.291. The molecule has 0 aliphatic carbocycles. The molecule has 2 amide bonds. The summed E-state index contributed by atoms with van der Waals surface area (Å²) >= 11 is 0. The van der Waals surface area contributed by atoms with Crippen LogP contribution in [0.25, 0.3) is 11.6 Å². The molecule has 6 nitrogen and oxygen atoms in total. The van der Waals surface area contributed by atoms with Gasteiger partial charge in [-0.25, -0.2) is 4.39 Å². The van der Waals surface area contributed by atoms with Crippen LogP contribution in [0.15, 0.2) is 18.2 Å². The van der Waals surface area contributed by atoms with Crippen molar-refractivity contribution in [2.45, 2.75) is 54.9 Å². The summed E-state index contributed by atoms with van der Waals surface area (Å²) in [5, 5.41) is 8.30. The van der Waals surface area contributed by atoms with E-state index in [0.717, 1.165) is 29.1 Å². The molecule has 1 aliphatic rings. The molecule has 32 heavy (non-hydrogen) atoms. The molecule has 0 saturated carbocycles. The zero-order valence-corrected chi connectivity index (χ0v) is 20.7. The second-order valence-corrected chi connectivity index (χ2v) is 6.50. The molecule has 2 heterocycles. The van der Waals surface area contributed by atoms with Crippen molar-refractivity contribution in [3.8, 4) is 0 Å². The molecule has 0 atom stereocenters. The zero-order chi connectivity index (χ0) is 24.7. The predicted molar refractivity (Wildman–Crippen MR) is 133 cm³/mol. The summed E-state index contributed by atoms with van der Waals surface area (Å²) in [6, 6.07) is 4.25. The summed E-state index contributed by atoms with van der Waals surface area (Å²) < 4.78 is 13.5. The second kappa shape index (κ2) is 15.8. The number of carbonyl (C=O) groups is 2.